The monoisotopic (exact) mass is 281 g/mol. The van der Waals surface area contributed by atoms with E-state index in [1.54, 1.807) is 0 Å². The molecule has 0 radical (unpaired) electrons. The smallest absolute Gasteiger partial charge is 0.404 e. The minimum Gasteiger partial charge on any atom is -0.465 e. The Kier molecular flexibility index (Phi) is 4.02. The van der Waals surface area contributed by atoms with Crippen LogP contribution in [0.3, 0.4) is 0 Å². The molecule has 0 bridgehead atoms. The van der Waals surface area contributed by atoms with Gasteiger partial charge in [0.2, 0.25) is 0 Å². The lowest BCUT2D eigenvalue weighted by Crippen LogP contribution is -2.47. The fourth-order valence-electron chi connectivity index (χ4n) is 2.06. The molecule has 0 spiro atoms. The van der Waals surface area contributed by atoms with Crippen molar-refractivity contribution in [1.29, 1.82) is 5.26 Å². The van der Waals surface area contributed by atoms with Crippen LogP contribution < -0.4 is 10.2 Å². The van der Waals surface area contributed by atoms with E-state index in [1.807, 2.05) is 11.0 Å². The highest BCUT2D eigenvalue weighted by Crippen LogP contribution is 2.20. The third-order valence-electron chi connectivity index (χ3n) is 2.90. The van der Waals surface area contributed by atoms with Gasteiger partial charge in [-0.1, -0.05) is 11.6 Å². The van der Waals surface area contributed by atoms with Crippen molar-refractivity contribution in [3.8, 4) is 6.07 Å². The minimum absolute atomic E-state index is 0.0633. The van der Waals surface area contributed by atoms with Crippen LogP contribution in [0.4, 0.5) is 10.6 Å². The van der Waals surface area contributed by atoms with Crippen molar-refractivity contribution < 1.29 is 9.90 Å². The van der Waals surface area contributed by atoms with Crippen LogP contribution in [-0.4, -0.2) is 40.3 Å². The maximum atomic E-state index is 10.6. The summed E-state index contributed by atoms with van der Waals surface area (Å²) in [5.41, 5.74) is 0.0858. The fourth-order valence-corrected chi connectivity index (χ4v) is 2.24. The first-order valence-electron chi connectivity index (χ1n) is 5.77. The number of nitrogens with zero attached hydrogens (tertiary/aromatic N) is 4. The van der Waals surface area contributed by atoms with Gasteiger partial charge in [0.25, 0.3) is 0 Å². The van der Waals surface area contributed by atoms with Crippen LogP contribution in [0.15, 0.2) is 6.20 Å². The van der Waals surface area contributed by atoms with Crippen LogP contribution in [0, 0.1) is 11.3 Å². The fraction of sp³-hybridized carbons (Fsp3) is 0.455. The van der Waals surface area contributed by atoms with Crippen molar-refractivity contribution in [3.63, 3.8) is 0 Å². The molecule has 1 aromatic heterocycles. The molecule has 2 heterocycles. The summed E-state index contributed by atoms with van der Waals surface area (Å²) in [6, 6.07) is 1.71. The number of aromatic nitrogens is 2. The van der Waals surface area contributed by atoms with E-state index >= 15 is 0 Å². The number of carbonyl (C=O) groups is 1. The summed E-state index contributed by atoms with van der Waals surface area (Å²) in [7, 11) is 0. The molecular weight excluding hydrogens is 270 g/mol. The van der Waals surface area contributed by atoms with Gasteiger partial charge in [0, 0.05) is 19.1 Å². The van der Waals surface area contributed by atoms with E-state index in [-0.39, 0.29) is 16.9 Å². The molecular formula is C11H12ClN5O2. The molecule has 1 saturated heterocycles. The second-order valence-electron chi connectivity index (χ2n) is 4.21. The SMILES string of the molecule is N#Cc1ncc(N2CCCC(NC(=O)O)C2)nc1Cl. The van der Waals surface area contributed by atoms with Crippen molar-refractivity contribution in [2.45, 2.75) is 18.9 Å². The number of rotatable bonds is 2. The van der Waals surface area contributed by atoms with E-state index in [4.69, 9.17) is 22.0 Å². The third kappa shape index (κ3) is 3.23. The Morgan fingerprint density at radius 1 is 1.68 bits per heavy atom. The Balaban J connectivity index is 2.11. The van der Waals surface area contributed by atoms with Gasteiger partial charge in [-0.05, 0) is 12.8 Å². The predicted molar refractivity (Wildman–Crippen MR) is 68.2 cm³/mol. The average Bonchev–Trinajstić information content (AvgIpc) is 2.38. The van der Waals surface area contributed by atoms with Crippen molar-refractivity contribution in [2.75, 3.05) is 18.0 Å². The Labute approximate surface area is 114 Å². The van der Waals surface area contributed by atoms with Crippen LogP contribution in [0.25, 0.3) is 0 Å². The van der Waals surface area contributed by atoms with Gasteiger partial charge in [-0.25, -0.2) is 14.8 Å². The number of anilines is 1. The zero-order valence-corrected chi connectivity index (χ0v) is 10.8. The van der Waals surface area contributed by atoms with Crippen LogP contribution in [0.2, 0.25) is 5.15 Å². The lowest BCUT2D eigenvalue weighted by molar-refractivity contribution is 0.188. The lowest BCUT2D eigenvalue weighted by atomic mass is 10.1. The highest BCUT2D eigenvalue weighted by atomic mass is 35.5. The summed E-state index contributed by atoms with van der Waals surface area (Å²) >= 11 is 5.84. The Morgan fingerprint density at radius 2 is 2.47 bits per heavy atom. The van der Waals surface area contributed by atoms with Gasteiger partial charge in [0.1, 0.15) is 11.9 Å². The van der Waals surface area contributed by atoms with Gasteiger partial charge < -0.3 is 15.3 Å². The van der Waals surface area contributed by atoms with E-state index < -0.39 is 6.09 Å². The van der Waals surface area contributed by atoms with Gasteiger partial charge in [-0.3, -0.25) is 0 Å². The summed E-state index contributed by atoms with van der Waals surface area (Å²) in [6.45, 7) is 1.28. The molecule has 8 heteroatoms. The number of nitrogens with one attached hydrogen (secondary N) is 1. The molecule has 1 amide bonds. The van der Waals surface area contributed by atoms with Gasteiger partial charge in [-0.2, -0.15) is 5.26 Å². The molecule has 1 fully saturated rings. The number of nitriles is 1. The van der Waals surface area contributed by atoms with Crippen molar-refractivity contribution in [2.24, 2.45) is 0 Å². The topological polar surface area (TPSA) is 102 Å². The first kappa shape index (κ1) is 13.4. The highest BCUT2D eigenvalue weighted by Gasteiger charge is 2.22. The second kappa shape index (κ2) is 5.71. The first-order valence-corrected chi connectivity index (χ1v) is 6.15. The molecule has 100 valence electrons. The zero-order valence-electron chi connectivity index (χ0n) is 10.0. The molecule has 0 saturated carbocycles. The number of carboxylic acid groups (broad SMARTS) is 1. The molecule has 2 rings (SSSR count). The van der Waals surface area contributed by atoms with Gasteiger partial charge >= 0.3 is 6.09 Å². The summed E-state index contributed by atoms with van der Waals surface area (Å²) in [5.74, 6) is 0.556. The van der Waals surface area contributed by atoms with Crippen molar-refractivity contribution in [1.82, 2.24) is 15.3 Å². The standard InChI is InChI=1S/C11H12ClN5O2/c12-10-8(4-13)14-5-9(16-10)17-3-1-2-7(6-17)15-11(18)19/h5,7,15H,1-3,6H2,(H,18,19). The minimum atomic E-state index is -1.03. The number of amides is 1. The summed E-state index contributed by atoms with van der Waals surface area (Å²) < 4.78 is 0. The molecule has 7 nitrogen and oxygen atoms in total. The molecule has 19 heavy (non-hydrogen) atoms. The molecule has 1 unspecified atom stereocenters. The first-order chi connectivity index (χ1) is 9.10. The zero-order chi connectivity index (χ0) is 13.8. The third-order valence-corrected chi connectivity index (χ3v) is 3.16. The van der Waals surface area contributed by atoms with Gasteiger partial charge in [-0.15, -0.1) is 0 Å². The quantitative estimate of drug-likeness (QED) is 0.845. The maximum Gasteiger partial charge on any atom is 0.404 e. The number of piperidine rings is 1. The number of halogens is 1. The van der Waals surface area contributed by atoms with Gasteiger partial charge in [0.15, 0.2) is 10.8 Å². The molecule has 0 aliphatic carbocycles. The maximum absolute atomic E-state index is 10.6. The molecule has 1 aliphatic rings. The van der Waals surface area contributed by atoms with E-state index in [2.05, 4.69) is 15.3 Å². The summed E-state index contributed by atoms with van der Waals surface area (Å²) in [4.78, 5) is 20.6. The Morgan fingerprint density at radius 3 is 3.11 bits per heavy atom. The molecule has 0 aromatic carbocycles. The summed E-state index contributed by atoms with van der Waals surface area (Å²) in [6.07, 6.45) is 2.09. The summed E-state index contributed by atoms with van der Waals surface area (Å²) in [5, 5.41) is 20.0. The number of hydrogen-bond acceptors (Lipinski definition) is 5. The predicted octanol–water partition coefficient (Wildman–Crippen LogP) is 1.24. The molecule has 1 atom stereocenters. The molecule has 2 N–H and O–H groups in total. The van der Waals surface area contributed by atoms with Crippen LogP contribution >= 0.6 is 11.6 Å². The lowest BCUT2D eigenvalue weighted by Gasteiger charge is -2.33. The molecule has 1 aliphatic heterocycles. The van der Waals surface area contributed by atoms with E-state index in [1.165, 1.54) is 6.20 Å². The van der Waals surface area contributed by atoms with Crippen LogP contribution in [0.1, 0.15) is 18.5 Å². The highest BCUT2D eigenvalue weighted by molar-refractivity contribution is 6.30. The molecule has 1 aromatic rings. The van der Waals surface area contributed by atoms with Crippen molar-refractivity contribution >= 4 is 23.5 Å². The Bertz CT molecular complexity index is 530. The van der Waals surface area contributed by atoms with Crippen LogP contribution in [0.5, 0.6) is 0 Å². The van der Waals surface area contributed by atoms with E-state index in [0.717, 1.165) is 19.4 Å². The normalized spacial score (nSPS) is 18.7. The van der Waals surface area contributed by atoms with E-state index in [9.17, 15) is 4.79 Å². The number of hydrogen-bond donors (Lipinski definition) is 2. The van der Waals surface area contributed by atoms with Gasteiger partial charge in [0.05, 0.1) is 6.20 Å². The van der Waals surface area contributed by atoms with Crippen molar-refractivity contribution in [3.05, 3.63) is 17.0 Å². The van der Waals surface area contributed by atoms with Crippen LogP contribution in [-0.2, 0) is 0 Å². The largest absolute Gasteiger partial charge is 0.465 e. The van der Waals surface area contributed by atoms with E-state index in [0.29, 0.717) is 12.4 Å². The second-order valence-corrected chi connectivity index (χ2v) is 4.57. The average molecular weight is 282 g/mol. The Hall–Kier alpha value is -2.07.